The van der Waals surface area contributed by atoms with Gasteiger partial charge in [-0.15, -0.1) is 0 Å². The number of fused-ring (bicyclic) bond motifs is 1. The molecule has 8 nitrogen and oxygen atoms in total. The average molecular weight is 377 g/mol. The first-order valence-electron chi connectivity index (χ1n) is 8.78. The van der Waals surface area contributed by atoms with Crippen LogP contribution < -0.4 is 10.1 Å². The Morgan fingerprint density at radius 3 is 2.61 bits per heavy atom. The van der Waals surface area contributed by atoms with Gasteiger partial charge >= 0.3 is 5.97 Å². The number of allylic oxidation sites excluding steroid dienone is 1. The first-order chi connectivity index (χ1) is 13.7. The molecule has 1 N–H and O–H groups in total. The van der Waals surface area contributed by atoms with E-state index in [0.717, 1.165) is 16.9 Å². The summed E-state index contributed by atoms with van der Waals surface area (Å²) in [4.78, 5) is 13.0. The van der Waals surface area contributed by atoms with E-state index in [9.17, 15) is 4.79 Å². The lowest BCUT2D eigenvalue weighted by atomic mass is 9.96. The average Bonchev–Trinajstić information content (AvgIpc) is 3.20. The van der Waals surface area contributed by atoms with Crippen molar-refractivity contribution in [1.29, 1.82) is 0 Å². The minimum atomic E-state index is -0.500. The Kier molecular flexibility index (Phi) is 4.76. The summed E-state index contributed by atoms with van der Waals surface area (Å²) >= 11 is 0. The summed E-state index contributed by atoms with van der Waals surface area (Å²) in [6.07, 6.45) is 0. The van der Waals surface area contributed by atoms with Crippen LogP contribution >= 0.6 is 0 Å². The molecule has 1 aromatic heterocycles. The smallest absolute Gasteiger partial charge is 0.338 e. The van der Waals surface area contributed by atoms with Crippen molar-refractivity contribution in [3.05, 3.63) is 77.0 Å². The number of methoxy groups -OCH3 is 1. The molecule has 0 aliphatic carbocycles. The number of benzene rings is 2. The van der Waals surface area contributed by atoms with Crippen molar-refractivity contribution < 1.29 is 14.3 Å². The summed E-state index contributed by atoms with van der Waals surface area (Å²) in [5, 5.41) is 14.9. The van der Waals surface area contributed by atoms with Crippen LogP contribution in [0.5, 0.6) is 5.75 Å². The zero-order valence-corrected chi connectivity index (χ0v) is 15.5. The monoisotopic (exact) mass is 377 g/mol. The fraction of sp³-hybridized carbons (Fsp3) is 0.200. The second kappa shape index (κ2) is 7.51. The van der Waals surface area contributed by atoms with Gasteiger partial charge in [0.2, 0.25) is 5.95 Å². The molecule has 1 atom stereocenters. The molecule has 0 radical (unpaired) electrons. The molecule has 2 heterocycles. The number of nitrogens with zero attached hydrogens (tertiary/aromatic N) is 4. The number of hydrogen-bond acceptors (Lipinski definition) is 7. The van der Waals surface area contributed by atoms with Crippen LogP contribution in [0.15, 0.2) is 65.9 Å². The lowest BCUT2D eigenvalue weighted by Gasteiger charge is -2.27. The predicted molar refractivity (Wildman–Crippen MR) is 102 cm³/mol. The Morgan fingerprint density at radius 2 is 1.89 bits per heavy atom. The number of aromatic nitrogens is 4. The second-order valence-electron chi connectivity index (χ2n) is 6.35. The molecular formula is C20H19N5O3. The summed E-state index contributed by atoms with van der Waals surface area (Å²) < 4.78 is 12.4. The topological polar surface area (TPSA) is 91.2 Å². The first-order valence-corrected chi connectivity index (χ1v) is 8.78. The highest BCUT2D eigenvalue weighted by atomic mass is 16.5. The Labute approximate surface area is 161 Å². The van der Waals surface area contributed by atoms with Crippen molar-refractivity contribution in [2.24, 2.45) is 0 Å². The molecule has 0 saturated heterocycles. The summed E-state index contributed by atoms with van der Waals surface area (Å²) in [7, 11) is 1.61. The van der Waals surface area contributed by atoms with Gasteiger partial charge in [0.15, 0.2) is 0 Å². The maximum Gasteiger partial charge on any atom is 0.338 e. The van der Waals surface area contributed by atoms with Crippen LogP contribution in [0.3, 0.4) is 0 Å². The van der Waals surface area contributed by atoms with Crippen LogP contribution in [0.4, 0.5) is 5.95 Å². The number of carbonyl (C=O) groups excluding carboxylic acids is 1. The molecule has 0 fully saturated rings. The molecule has 0 saturated carbocycles. The summed E-state index contributed by atoms with van der Waals surface area (Å²) in [5.74, 6) is 0.775. The molecule has 1 aliphatic rings. The fourth-order valence-electron chi connectivity index (χ4n) is 3.17. The van der Waals surface area contributed by atoms with Crippen molar-refractivity contribution >= 4 is 11.9 Å². The van der Waals surface area contributed by atoms with Crippen molar-refractivity contribution in [3.63, 3.8) is 0 Å². The van der Waals surface area contributed by atoms with Gasteiger partial charge in [0.25, 0.3) is 0 Å². The van der Waals surface area contributed by atoms with Crippen molar-refractivity contribution in [3.8, 4) is 5.75 Å². The zero-order valence-electron chi connectivity index (χ0n) is 15.5. The number of ether oxygens (including phenoxy) is 2. The molecule has 4 rings (SSSR count). The van der Waals surface area contributed by atoms with E-state index >= 15 is 0 Å². The molecule has 8 heteroatoms. The van der Waals surface area contributed by atoms with Crippen LogP contribution in [0.25, 0.3) is 0 Å². The summed E-state index contributed by atoms with van der Waals surface area (Å²) in [6.45, 7) is 2.00. The first kappa shape index (κ1) is 17.7. The van der Waals surface area contributed by atoms with Crippen LogP contribution in [-0.2, 0) is 16.1 Å². The molecule has 3 aromatic rings. The molecular weight excluding hydrogens is 358 g/mol. The standard InChI is InChI=1S/C20H19N5O3/c1-13-17(19(26)28-12-14-6-4-3-5-7-14)18(25-20(21-13)22-23-24-25)15-8-10-16(27-2)11-9-15/h3-11,18H,12H2,1-2H3,(H,21,22,24)/t18-/m1/s1. The second-order valence-corrected chi connectivity index (χ2v) is 6.35. The van der Waals surface area contributed by atoms with E-state index in [4.69, 9.17) is 9.47 Å². The molecule has 0 amide bonds. The third kappa shape index (κ3) is 3.32. The number of rotatable bonds is 5. The van der Waals surface area contributed by atoms with Gasteiger partial charge in [-0.05, 0) is 40.6 Å². The predicted octanol–water partition coefficient (Wildman–Crippen LogP) is 2.71. The van der Waals surface area contributed by atoms with Gasteiger partial charge in [-0.3, -0.25) is 0 Å². The van der Waals surface area contributed by atoms with Gasteiger partial charge in [0, 0.05) is 5.70 Å². The third-order valence-electron chi connectivity index (χ3n) is 4.58. The van der Waals surface area contributed by atoms with Gasteiger partial charge in [-0.25, -0.2) is 4.79 Å². The van der Waals surface area contributed by atoms with Gasteiger partial charge in [-0.2, -0.15) is 4.68 Å². The highest BCUT2D eigenvalue weighted by molar-refractivity contribution is 5.92. The lowest BCUT2D eigenvalue weighted by molar-refractivity contribution is -0.140. The van der Waals surface area contributed by atoms with Crippen LogP contribution in [0, 0.1) is 0 Å². The molecule has 28 heavy (non-hydrogen) atoms. The van der Waals surface area contributed by atoms with E-state index in [1.807, 2.05) is 61.5 Å². The number of carbonyl (C=O) groups is 1. The Morgan fingerprint density at radius 1 is 1.14 bits per heavy atom. The normalized spacial score (nSPS) is 15.6. The molecule has 142 valence electrons. The maximum absolute atomic E-state index is 13.0. The van der Waals surface area contributed by atoms with Crippen LogP contribution in [0.2, 0.25) is 0 Å². The summed E-state index contributed by atoms with van der Waals surface area (Å²) in [5.41, 5.74) is 2.88. The fourth-order valence-corrected chi connectivity index (χ4v) is 3.17. The van der Waals surface area contributed by atoms with Gasteiger partial charge in [0.1, 0.15) is 18.4 Å². The van der Waals surface area contributed by atoms with E-state index < -0.39 is 12.0 Å². The van der Waals surface area contributed by atoms with Crippen molar-refractivity contribution in [2.45, 2.75) is 19.6 Å². The molecule has 0 bridgehead atoms. The molecule has 0 spiro atoms. The SMILES string of the molecule is COc1ccc([C@@H]2C(C(=O)OCc3ccccc3)=C(C)Nc3nnnn32)cc1. The van der Waals surface area contributed by atoms with Gasteiger partial charge in [0.05, 0.1) is 12.7 Å². The quantitative estimate of drug-likeness (QED) is 0.684. The zero-order chi connectivity index (χ0) is 19.5. The number of nitrogens with one attached hydrogen (secondary N) is 1. The Bertz CT molecular complexity index is 1010. The lowest BCUT2D eigenvalue weighted by Crippen LogP contribution is -2.29. The third-order valence-corrected chi connectivity index (χ3v) is 4.58. The molecule has 1 aliphatic heterocycles. The minimum Gasteiger partial charge on any atom is -0.497 e. The van der Waals surface area contributed by atoms with E-state index in [2.05, 4.69) is 20.8 Å². The number of tetrazole rings is 1. The molecule has 0 unspecified atom stereocenters. The Hall–Kier alpha value is -3.68. The van der Waals surface area contributed by atoms with Crippen LogP contribution in [-0.4, -0.2) is 33.3 Å². The van der Waals surface area contributed by atoms with E-state index in [1.165, 1.54) is 0 Å². The van der Waals surface area contributed by atoms with E-state index in [1.54, 1.807) is 11.8 Å². The number of anilines is 1. The number of hydrogen-bond donors (Lipinski definition) is 1. The highest BCUT2D eigenvalue weighted by Crippen LogP contribution is 2.35. The van der Waals surface area contributed by atoms with E-state index in [0.29, 0.717) is 17.2 Å². The largest absolute Gasteiger partial charge is 0.497 e. The van der Waals surface area contributed by atoms with E-state index in [-0.39, 0.29) is 6.61 Å². The minimum absolute atomic E-state index is 0.189. The van der Waals surface area contributed by atoms with Gasteiger partial charge in [-0.1, -0.05) is 47.6 Å². The van der Waals surface area contributed by atoms with Crippen LogP contribution in [0.1, 0.15) is 24.1 Å². The van der Waals surface area contributed by atoms with Gasteiger partial charge < -0.3 is 14.8 Å². The van der Waals surface area contributed by atoms with Crippen molar-refractivity contribution in [2.75, 3.05) is 12.4 Å². The Balaban J connectivity index is 1.67. The highest BCUT2D eigenvalue weighted by Gasteiger charge is 2.34. The molecule has 2 aromatic carbocycles. The summed E-state index contributed by atoms with van der Waals surface area (Å²) in [6, 6.07) is 16.5. The number of esters is 1. The van der Waals surface area contributed by atoms with Crippen molar-refractivity contribution in [1.82, 2.24) is 20.2 Å². The maximum atomic E-state index is 13.0.